The maximum Gasteiger partial charge on any atom is 0.307 e. The number of esters is 1. The second kappa shape index (κ2) is 8.17. The number of halogens is 2. The second-order valence-electron chi connectivity index (χ2n) is 7.00. The first-order chi connectivity index (χ1) is 14.4. The first-order valence-corrected chi connectivity index (χ1v) is 9.54. The van der Waals surface area contributed by atoms with Crippen LogP contribution in [0.15, 0.2) is 30.3 Å². The van der Waals surface area contributed by atoms with Gasteiger partial charge < -0.3 is 24.4 Å². The molecule has 1 atom stereocenters. The highest BCUT2D eigenvalue weighted by Crippen LogP contribution is 2.39. The third-order valence-electron chi connectivity index (χ3n) is 4.89. The molecular weight excluding hydrogens is 398 g/mol. The monoisotopic (exact) mass is 418 g/mol. The average Bonchev–Trinajstić information content (AvgIpc) is 2.69. The van der Waals surface area contributed by atoms with Crippen molar-refractivity contribution in [2.75, 3.05) is 30.0 Å². The van der Waals surface area contributed by atoms with Crippen molar-refractivity contribution < 1.29 is 32.6 Å². The van der Waals surface area contributed by atoms with Gasteiger partial charge in [-0.3, -0.25) is 9.59 Å². The van der Waals surface area contributed by atoms with E-state index in [4.69, 9.17) is 14.2 Å². The van der Waals surface area contributed by atoms with Crippen LogP contribution < -0.4 is 19.7 Å². The standard InChI is InChI=1S/C21H20F2N2O5/c1-2-28-20(27)8-14-10-29-18-7-13(22)6-15(23)21(18)25(14)9-12-3-4-17-16(5-12)24-19(26)11-30-17/h3-7,14H,2,8-11H2,1H3,(H,24,26). The molecule has 1 amide bonds. The molecule has 2 aliphatic heterocycles. The minimum Gasteiger partial charge on any atom is -0.489 e. The predicted molar refractivity (Wildman–Crippen MR) is 104 cm³/mol. The van der Waals surface area contributed by atoms with Gasteiger partial charge in [0.25, 0.3) is 5.91 Å². The first kappa shape index (κ1) is 19.9. The van der Waals surface area contributed by atoms with E-state index in [9.17, 15) is 18.4 Å². The van der Waals surface area contributed by atoms with Crippen molar-refractivity contribution in [3.05, 3.63) is 47.5 Å². The van der Waals surface area contributed by atoms with Gasteiger partial charge in [0.1, 0.15) is 29.6 Å². The predicted octanol–water partition coefficient (Wildman–Crippen LogP) is 3.02. The van der Waals surface area contributed by atoms with Crippen molar-refractivity contribution in [2.45, 2.75) is 25.9 Å². The highest BCUT2D eigenvalue weighted by Gasteiger charge is 2.33. The Hall–Kier alpha value is -3.36. The lowest BCUT2D eigenvalue weighted by Gasteiger charge is -2.38. The zero-order valence-corrected chi connectivity index (χ0v) is 16.2. The van der Waals surface area contributed by atoms with Crippen LogP contribution in [0, 0.1) is 11.6 Å². The number of nitrogens with zero attached hydrogens (tertiary/aromatic N) is 1. The third kappa shape index (κ3) is 4.00. The van der Waals surface area contributed by atoms with E-state index in [1.54, 1.807) is 30.0 Å². The van der Waals surface area contributed by atoms with E-state index in [-0.39, 0.29) is 50.1 Å². The fraction of sp³-hybridized carbons (Fsp3) is 0.333. The molecule has 9 heteroatoms. The number of rotatable bonds is 5. The molecule has 2 aromatic rings. The molecule has 0 spiro atoms. The minimum absolute atomic E-state index is 0.0190. The second-order valence-corrected chi connectivity index (χ2v) is 7.00. The summed E-state index contributed by atoms with van der Waals surface area (Å²) >= 11 is 0. The van der Waals surface area contributed by atoms with Crippen LogP contribution in [0.2, 0.25) is 0 Å². The van der Waals surface area contributed by atoms with Crippen molar-refractivity contribution in [1.82, 2.24) is 0 Å². The Labute approximate surface area is 171 Å². The summed E-state index contributed by atoms with van der Waals surface area (Å²) in [7, 11) is 0. The molecular formula is C21H20F2N2O5. The lowest BCUT2D eigenvalue weighted by molar-refractivity contribution is -0.143. The quantitative estimate of drug-likeness (QED) is 0.753. The van der Waals surface area contributed by atoms with Crippen LogP contribution in [0.1, 0.15) is 18.9 Å². The Bertz CT molecular complexity index is 998. The molecule has 2 aromatic carbocycles. The van der Waals surface area contributed by atoms with Crippen LogP contribution in [0.3, 0.4) is 0 Å². The number of benzene rings is 2. The number of nitrogens with one attached hydrogen (secondary N) is 1. The third-order valence-corrected chi connectivity index (χ3v) is 4.89. The Morgan fingerprint density at radius 3 is 2.87 bits per heavy atom. The number of fused-ring (bicyclic) bond motifs is 2. The smallest absolute Gasteiger partial charge is 0.307 e. The Kier molecular flexibility index (Phi) is 5.43. The first-order valence-electron chi connectivity index (χ1n) is 9.54. The lowest BCUT2D eigenvalue weighted by atomic mass is 10.1. The lowest BCUT2D eigenvalue weighted by Crippen LogP contribution is -2.44. The minimum atomic E-state index is -0.784. The number of hydrogen-bond acceptors (Lipinski definition) is 6. The van der Waals surface area contributed by atoms with Crippen molar-refractivity contribution in [3.8, 4) is 11.5 Å². The molecule has 2 heterocycles. The van der Waals surface area contributed by atoms with E-state index in [2.05, 4.69) is 5.32 Å². The molecule has 0 bridgehead atoms. The van der Waals surface area contributed by atoms with Crippen LogP contribution in [0.5, 0.6) is 11.5 Å². The zero-order chi connectivity index (χ0) is 21.3. The number of anilines is 2. The molecule has 0 saturated heterocycles. The summed E-state index contributed by atoms with van der Waals surface area (Å²) in [6.07, 6.45) is -0.0190. The van der Waals surface area contributed by atoms with Gasteiger partial charge in [-0.2, -0.15) is 0 Å². The fourth-order valence-electron chi connectivity index (χ4n) is 3.60. The van der Waals surface area contributed by atoms with Gasteiger partial charge in [0.15, 0.2) is 12.4 Å². The van der Waals surface area contributed by atoms with Gasteiger partial charge in [0.2, 0.25) is 0 Å². The van der Waals surface area contributed by atoms with Gasteiger partial charge in [0, 0.05) is 18.7 Å². The van der Waals surface area contributed by atoms with E-state index in [1.807, 2.05) is 0 Å². The Morgan fingerprint density at radius 1 is 1.23 bits per heavy atom. The number of carbonyl (C=O) groups is 2. The number of carbonyl (C=O) groups excluding carboxylic acids is 2. The van der Waals surface area contributed by atoms with E-state index in [1.165, 1.54) is 0 Å². The molecule has 0 aromatic heterocycles. The van der Waals surface area contributed by atoms with Crippen LogP contribution in [0.4, 0.5) is 20.2 Å². The topological polar surface area (TPSA) is 77.1 Å². The normalized spacial score (nSPS) is 17.2. The van der Waals surface area contributed by atoms with Crippen LogP contribution >= 0.6 is 0 Å². The SMILES string of the molecule is CCOC(=O)CC1COc2cc(F)cc(F)c2N1Cc1ccc2c(c1)NC(=O)CO2. The largest absolute Gasteiger partial charge is 0.489 e. The van der Waals surface area contributed by atoms with E-state index < -0.39 is 23.6 Å². The summed E-state index contributed by atoms with van der Waals surface area (Å²) in [5.74, 6) is -1.62. The van der Waals surface area contributed by atoms with Crippen LogP contribution in [-0.4, -0.2) is 37.7 Å². The number of amides is 1. The van der Waals surface area contributed by atoms with Gasteiger partial charge >= 0.3 is 5.97 Å². The van der Waals surface area contributed by atoms with Gasteiger partial charge in [0.05, 0.1) is 24.8 Å². The summed E-state index contributed by atoms with van der Waals surface area (Å²) in [4.78, 5) is 25.3. The molecule has 0 saturated carbocycles. The summed E-state index contributed by atoms with van der Waals surface area (Å²) in [6.45, 7) is 2.15. The van der Waals surface area contributed by atoms with Crippen molar-refractivity contribution >= 4 is 23.3 Å². The number of hydrogen-bond donors (Lipinski definition) is 1. The van der Waals surface area contributed by atoms with Gasteiger partial charge in [-0.1, -0.05) is 6.07 Å². The maximum absolute atomic E-state index is 14.7. The summed E-state index contributed by atoms with van der Waals surface area (Å²) in [5, 5.41) is 2.73. The summed E-state index contributed by atoms with van der Waals surface area (Å²) < 4.78 is 44.3. The van der Waals surface area contributed by atoms with E-state index in [0.29, 0.717) is 11.4 Å². The van der Waals surface area contributed by atoms with Crippen LogP contribution in [-0.2, 0) is 20.9 Å². The maximum atomic E-state index is 14.7. The molecule has 0 fully saturated rings. The summed E-state index contributed by atoms with van der Waals surface area (Å²) in [5.41, 5.74) is 1.33. The number of ether oxygens (including phenoxy) is 3. The highest BCUT2D eigenvalue weighted by atomic mass is 19.1. The van der Waals surface area contributed by atoms with Gasteiger partial charge in [-0.15, -0.1) is 0 Å². The molecule has 7 nitrogen and oxygen atoms in total. The highest BCUT2D eigenvalue weighted by molar-refractivity contribution is 5.95. The molecule has 1 N–H and O–H groups in total. The fourth-order valence-corrected chi connectivity index (χ4v) is 3.60. The van der Waals surface area contributed by atoms with E-state index >= 15 is 0 Å². The molecule has 0 aliphatic carbocycles. The van der Waals surface area contributed by atoms with Crippen LogP contribution in [0.25, 0.3) is 0 Å². The zero-order valence-electron chi connectivity index (χ0n) is 16.2. The van der Waals surface area contributed by atoms with Crippen molar-refractivity contribution in [1.29, 1.82) is 0 Å². The molecule has 158 valence electrons. The van der Waals surface area contributed by atoms with E-state index in [0.717, 1.165) is 17.7 Å². The average molecular weight is 418 g/mol. The van der Waals surface area contributed by atoms with Crippen molar-refractivity contribution in [2.24, 2.45) is 0 Å². The summed E-state index contributed by atoms with van der Waals surface area (Å²) in [6, 6.07) is 6.61. The Balaban J connectivity index is 1.67. The Morgan fingerprint density at radius 2 is 2.07 bits per heavy atom. The molecule has 30 heavy (non-hydrogen) atoms. The molecule has 1 unspecified atom stereocenters. The van der Waals surface area contributed by atoms with Gasteiger partial charge in [-0.05, 0) is 24.6 Å². The molecule has 2 aliphatic rings. The van der Waals surface area contributed by atoms with Crippen molar-refractivity contribution in [3.63, 3.8) is 0 Å². The molecule has 0 radical (unpaired) electrons. The van der Waals surface area contributed by atoms with Gasteiger partial charge in [-0.25, -0.2) is 8.78 Å². The molecule has 4 rings (SSSR count).